The van der Waals surface area contributed by atoms with Gasteiger partial charge in [0.05, 0.1) is 4.92 Å². The van der Waals surface area contributed by atoms with Crippen LogP contribution < -0.4 is 5.32 Å². The maximum absolute atomic E-state index is 13.3. The maximum Gasteiger partial charge on any atom is 0.316 e. The summed E-state index contributed by atoms with van der Waals surface area (Å²) < 4.78 is 5.82. The topological polar surface area (TPSA) is 98.5 Å². The fraction of sp³-hybridized carbons (Fsp3) is 0.478. The summed E-state index contributed by atoms with van der Waals surface area (Å²) in [6, 6.07) is 6.33. The molecular formula is C23H26N2O5. The largest absolute Gasteiger partial charge is 0.462 e. The third-order valence-corrected chi connectivity index (χ3v) is 6.34. The van der Waals surface area contributed by atoms with Gasteiger partial charge < -0.3 is 10.1 Å². The van der Waals surface area contributed by atoms with E-state index in [-0.39, 0.29) is 17.6 Å². The average Bonchev–Trinajstić information content (AvgIpc) is 2.73. The lowest BCUT2D eigenvalue weighted by atomic mass is 9.71. The van der Waals surface area contributed by atoms with Crippen LogP contribution in [0.3, 0.4) is 0 Å². The molecule has 4 rings (SSSR count). The van der Waals surface area contributed by atoms with Crippen molar-refractivity contribution in [1.82, 2.24) is 5.32 Å². The van der Waals surface area contributed by atoms with Crippen molar-refractivity contribution in [3.05, 3.63) is 63.5 Å². The molecule has 30 heavy (non-hydrogen) atoms. The van der Waals surface area contributed by atoms with Gasteiger partial charge >= 0.3 is 5.97 Å². The number of allylic oxidation sites excluding steroid dienone is 2. The van der Waals surface area contributed by atoms with Gasteiger partial charge in [-0.3, -0.25) is 19.7 Å². The Hall–Kier alpha value is -2.96. The number of rotatable bonds is 4. The summed E-state index contributed by atoms with van der Waals surface area (Å²) in [6.45, 7) is 4.05. The number of nitro groups is 1. The Bertz CT molecular complexity index is 929. The third-order valence-electron chi connectivity index (χ3n) is 6.34. The predicted molar refractivity (Wildman–Crippen MR) is 110 cm³/mol. The van der Waals surface area contributed by atoms with Crippen LogP contribution in [0.1, 0.15) is 62.8 Å². The molecule has 0 saturated heterocycles. The molecule has 0 aromatic heterocycles. The van der Waals surface area contributed by atoms with Crippen LogP contribution in [0.2, 0.25) is 0 Å². The van der Waals surface area contributed by atoms with Gasteiger partial charge in [0, 0.05) is 40.9 Å². The van der Waals surface area contributed by atoms with Crippen molar-refractivity contribution in [1.29, 1.82) is 0 Å². The molecule has 1 aromatic rings. The number of nitro benzene ring substituents is 1. The molecule has 3 aliphatic rings. The molecule has 1 aliphatic heterocycles. The number of hydrogen-bond donors (Lipinski definition) is 1. The van der Waals surface area contributed by atoms with Gasteiger partial charge in [-0.1, -0.05) is 31.2 Å². The van der Waals surface area contributed by atoms with Gasteiger partial charge in [-0.15, -0.1) is 0 Å². The highest BCUT2D eigenvalue weighted by atomic mass is 16.6. The van der Waals surface area contributed by atoms with Crippen LogP contribution in [0.4, 0.5) is 5.69 Å². The molecule has 0 amide bonds. The number of para-hydroxylation sites is 1. The second kappa shape index (κ2) is 8.42. The van der Waals surface area contributed by atoms with Gasteiger partial charge in [-0.2, -0.15) is 0 Å². The molecule has 0 bridgehead atoms. The normalized spacial score (nSPS) is 24.8. The Balaban J connectivity index is 1.78. The monoisotopic (exact) mass is 410 g/mol. The van der Waals surface area contributed by atoms with E-state index in [4.69, 9.17) is 4.74 Å². The van der Waals surface area contributed by atoms with E-state index in [1.165, 1.54) is 6.07 Å². The standard InChI is InChI=1S/C23H26N2O5/c1-14-20(23(27)30-15-8-3-2-4-9-15)21(16-10-5-6-12-18(16)25(28)29)22-17(24-14)11-7-13-19(22)26/h5-6,10,12,15,20-21,24H,1-4,7-9,11,13H2. The van der Waals surface area contributed by atoms with E-state index in [0.717, 1.165) is 37.8 Å². The Morgan fingerprint density at radius 1 is 1.13 bits per heavy atom. The van der Waals surface area contributed by atoms with Crippen LogP contribution in [-0.2, 0) is 14.3 Å². The number of benzene rings is 1. The van der Waals surface area contributed by atoms with Crippen molar-refractivity contribution in [2.45, 2.75) is 63.4 Å². The summed E-state index contributed by atoms with van der Waals surface area (Å²) in [5, 5.41) is 14.9. The van der Waals surface area contributed by atoms with Crippen molar-refractivity contribution in [3.63, 3.8) is 0 Å². The Kier molecular flexibility index (Phi) is 5.70. The lowest BCUT2D eigenvalue weighted by Gasteiger charge is -2.38. The first-order valence-electron chi connectivity index (χ1n) is 10.6. The van der Waals surface area contributed by atoms with E-state index in [1.54, 1.807) is 18.2 Å². The predicted octanol–water partition coefficient (Wildman–Crippen LogP) is 4.29. The lowest BCUT2D eigenvalue weighted by molar-refractivity contribution is -0.385. The van der Waals surface area contributed by atoms with E-state index in [1.807, 2.05) is 0 Å². The Morgan fingerprint density at radius 2 is 1.87 bits per heavy atom. The van der Waals surface area contributed by atoms with Crippen molar-refractivity contribution < 1.29 is 19.2 Å². The van der Waals surface area contributed by atoms with Crippen LogP contribution in [0, 0.1) is 16.0 Å². The molecule has 1 aromatic carbocycles. The molecular weight excluding hydrogens is 384 g/mol. The molecule has 1 saturated carbocycles. The van der Waals surface area contributed by atoms with Crippen molar-refractivity contribution in [3.8, 4) is 0 Å². The summed E-state index contributed by atoms with van der Waals surface area (Å²) >= 11 is 0. The van der Waals surface area contributed by atoms with Crippen molar-refractivity contribution >= 4 is 17.4 Å². The van der Waals surface area contributed by atoms with Crippen LogP contribution in [0.5, 0.6) is 0 Å². The quantitative estimate of drug-likeness (QED) is 0.452. The van der Waals surface area contributed by atoms with Crippen LogP contribution >= 0.6 is 0 Å². The number of hydrogen-bond acceptors (Lipinski definition) is 6. The fourth-order valence-electron chi connectivity index (χ4n) is 4.94. The number of nitrogens with zero attached hydrogens (tertiary/aromatic N) is 1. The summed E-state index contributed by atoms with van der Waals surface area (Å²) in [6.07, 6.45) is 6.39. The van der Waals surface area contributed by atoms with Gasteiger partial charge in [-0.25, -0.2) is 0 Å². The smallest absolute Gasteiger partial charge is 0.316 e. The molecule has 2 aliphatic carbocycles. The number of carbonyl (C=O) groups is 2. The summed E-state index contributed by atoms with van der Waals surface area (Å²) in [5.41, 5.74) is 1.89. The second-order valence-electron chi connectivity index (χ2n) is 8.29. The molecule has 2 unspecified atom stereocenters. The number of ether oxygens (including phenoxy) is 1. The minimum atomic E-state index is -0.881. The molecule has 158 valence electrons. The van der Waals surface area contributed by atoms with Crippen LogP contribution in [-0.4, -0.2) is 22.8 Å². The maximum atomic E-state index is 13.3. The Morgan fingerprint density at radius 3 is 2.60 bits per heavy atom. The number of esters is 1. The minimum absolute atomic E-state index is 0.0742. The highest BCUT2D eigenvalue weighted by Gasteiger charge is 2.46. The lowest BCUT2D eigenvalue weighted by Crippen LogP contribution is -2.42. The van der Waals surface area contributed by atoms with Crippen molar-refractivity contribution in [2.75, 3.05) is 0 Å². The molecule has 0 radical (unpaired) electrons. The molecule has 7 nitrogen and oxygen atoms in total. The van der Waals surface area contributed by atoms with Crippen LogP contribution in [0.25, 0.3) is 0 Å². The van der Waals surface area contributed by atoms with Crippen LogP contribution in [0.15, 0.2) is 47.8 Å². The first-order valence-corrected chi connectivity index (χ1v) is 10.6. The fourth-order valence-corrected chi connectivity index (χ4v) is 4.94. The molecule has 1 N–H and O–H groups in total. The van der Waals surface area contributed by atoms with Gasteiger partial charge in [0.25, 0.3) is 5.69 Å². The van der Waals surface area contributed by atoms with Gasteiger partial charge in [0.2, 0.25) is 0 Å². The molecule has 1 heterocycles. The minimum Gasteiger partial charge on any atom is -0.462 e. The van der Waals surface area contributed by atoms with E-state index in [0.29, 0.717) is 36.1 Å². The van der Waals surface area contributed by atoms with E-state index in [9.17, 15) is 19.7 Å². The van der Waals surface area contributed by atoms with E-state index >= 15 is 0 Å². The first-order chi connectivity index (χ1) is 14.5. The van der Waals surface area contributed by atoms with Crippen molar-refractivity contribution in [2.24, 2.45) is 5.92 Å². The van der Waals surface area contributed by atoms with Gasteiger partial charge in [-0.05, 0) is 38.5 Å². The number of ketones is 1. The molecule has 1 fully saturated rings. The summed E-state index contributed by atoms with van der Waals surface area (Å²) in [4.78, 5) is 37.5. The Labute approximate surface area is 175 Å². The second-order valence-corrected chi connectivity index (χ2v) is 8.29. The SMILES string of the molecule is C=C1NC2=C(C(=O)CCC2)C(c2ccccc2[N+](=O)[O-])C1C(=O)OC1CCCCC1. The average molecular weight is 410 g/mol. The highest BCUT2D eigenvalue weighted by Crippen LogP contribution is 2.47. The summed E-state index contributed by atoms with van der Waals surface area (Å²) in [5.74, 6) is -2.18. The highest BCUT2D eigenvalue weighted by molar-refractivity contribution is 6.00. The van der Waals surface area contributed by atoms with Gasteiger partial charge in [0.1, 0.15) is 12.0 Å². The zero-order valence-electron chi connectivity index (χ0n) is 16.9. The zero-order chi connectivity index (χ0) is 21.3. The zero-order valence-corrected chi connectivity index (χ0v) is 16.9. The first kappa shape index (κ1) is 20.3. The molecule has 2 atom stereocenters. The third kappa shape index (κ3) is 3.76. The van der Waals surface area contributed by atoms with E-state index in [2.05, 4.69) is 11.9 Å². The van der Waals surface area contributed by atoms with E-state index < -0.39 is 22.7 Å². The summed E-state index contributed by atoms with van der Waals surface area (Å²) in [7, 11) is 0. The number of Topliss-reactive ketones (excluding diaryl/α,β-unsaturated/α-hetero) is 1. The number of nitrogens with one attached hydrogen (secondary N) is 1. The van der Waals surface area contributed by atoms with Gasteiger partial charge in [0.15, 0.2) is 5.78 Å². The molecule has 7 heteroatoms. The number of carbonyl (C=O) groups excluding carboxylic acids is 2. The molecule has 0 spiro atoms.